The Bertz CT molecular complexity index is 478. The second-order valence-corrected chi connectivity index (χ2v) is 4.37. The van der Waals surface area contributed by atoms with E-state index in [1.165, 1.54) is 19.5 Å². The number of methoxy groups -OCH3 is 1. The average molecular weight is 282 g/mol. The Hall–Kier alpha value is -2.22. The molecule has 0 bridgehead atoms. The largest absolute Gasteiger partial charge is 0.480 e. The van der Waals surface area contributed by atoms with E-state index >= 15 is 0 Å². The first kappa shape index (κ1) is 15.8. The Morgan fingerprint density at radius 2 is 2.00 bits per heavy atom. The fourth-order valence-corrected chi connectivity index (χ4v) is 1.47. The van der Waals surface area contributed by atoms with Crippen LogP contribution >= 0.6 is 0 Å². The minimum absolute atomic E-state index is 0.0465. The molecular formula is C12H18N4O4. The number of esters is 1. The van der Waals surface area contributed by atoms with E-state index in [-0.39, 0.29) is 12.2 Å². The molecule has 0 amide bonds. The number of rotatable bonds is 7. The van der Waals surface area contributed by atoms with Crippen molar-refractivity contribution in [2.45, 2.75) is 0 Å². The quantitative estimate of drug-likeness (QED) is 0.682. The summed E-state index contributed by atoms with van der Waals surface area (Å²) in [5.74, 6) is -1.26. The minimum Gasteiger partial charge on any atom is -0.480 e. The number of likely N-dealkylation sites (N-methyl/N-ethyl adjacent to an activating group) is 1. The maximum Gasteiger partial charge on any atom is 0.358 e. The van der Waals surface area contributed by atoms with Gasteiger partial charge in [-0.1, -0.05) is 0 Å². The molecule has 8 heteroatoms. The molecule has 0 fully saturated rings. The van der Waals surface area contributed by atoms with Crippen molar-refractivity contribution < 1.29 is 19.4 Å². The van der Waals surface area contributed by atoms with E-state index < -0.39 is 11.9 Å². The molecular weight excluding hydrogens is 264 g/mol. The monoisotopic (exact) mass is 282 g/mol. The number of aliphatic carboxylic acids is 1. The normalized spacial score (nSPS) is 10.4. The van der Waals surface area contributed by atoms with Crippen LogP contribution in [-0.4, -0.2) is 72.8 Å². The number of carbonyl (C=O) groups is 2. The summed E-state index contributed by atoms with van der Waals surface area (Å²) < 4.78 is 4.57. The van der Waals surface area contributed by atoms with Crippen LogP contribution in [0.1, 0.15) is 10.5 Å². The van der Waals surface area contributed by atoms with Crippen molar-refractivity contribution in [3.8, 4) is 0 Å². The molecule has 8 nitrogen and oxygen atoms in total. The molecule has 20 heavy (non-hydrogen) atoms. The van der Waals surface area contributed by atoms with E-state index in [2.05, 4.69) is 14.7 Å². The molecule has 0 saturated carbocycles. The van der Waals surface area contributed by atoms with E-state index in [9.17, 15) is 9.59 Å². The van der Waals surface area contributed by atoms with Crippen LogP contribution in [0.4, 0.5) is 5.82 Å². The number of carbonyl (C=O) groups excluding carboxylic acids is 1. The number of aromatic nitrogens is 2. The van der Waals surface area contributed by atoms with Gasteiger partial charge in [-0.2, -0.15) is 0 Å². The molecule has 0 aliphatic rings. The van der Waals surface area contributed by atoms with Crippen LogP contribution in [0.5, 0.6) is 0 Å². The van der Waals surface area contributed by atoms with E-state index in [0.717, 1.165) is 0 Å². The SMILES string of the molecule is COC(=O)c1cncc(N(CCN(C)C)CC(=O)O)n1. The van der Waals surface area contributed by atoms with Gasteiger partial charge in [-0.15, -0.1) is 0 Å². The van der Waals surface area contributed by atoms with Gasteiger partial charge >= 0.3 is 11.9 Å². The maximum absolute atomic E-state index is 11.4. The van der Waals surface area contributed by atoms with Crippen molar-refractivity contribution in [2.24, 2.45) is 0 Å². The summed E-state index contributed by atoms with van der Waals surface area (Å²) in [4.78, 5) is 33.8. The highest BCUT2D eigenvalue weighted by Crippen LogP contribution is 2.10. The minimum atomic E-state index is -0.978. The van der Waals surface area contributed by atoms with Crippen LogP contribution in [-0.2, 0) is 9.53 Å². The molecule has 1 heterocycles. The summed E-state index contributed by atoms with van der Waals surface area (Å²) >= 11 is 0. The lowest BCUT2D eigenvalue weighted by Gasteiger charge is -2.23. The molecule has 1 rings (SSSR count). The smallest absolute Gasteiger partial charge is 0.358 e. The summed E-state index contributed by atoms with van der Waals surface area (Å²) in [5.41, 5.74) is 0.0465. The Morgan fingerprint density at radius 1 is 1.30 bits per heavy atom. The average Bonchev–Trinajstić information content (AvgIpc) is 2.42. The van der Waals surface area contributed by atoms with E-state index in [1.54, 1.807) is 4.90 Å². The Kier molecular flexibility index (Phi) is 5.85. The van der Waals surface area contributed by atoms with Crippen LogP contribution in [0.3, 0.4) is 0 Å². The molecule has 0 unspecified atom stereocenters. The first-order valence-electron chi connectivity index (χ1n) is 5.96. The highest BCUT2D eigenvalue weighted by atomic mass is 16.5. The summed E-state index contributed by atoms with van der Waals surface area (Å²) in [6.45, 7) is 0.892. The molecule has 1 aromatic rings. The summed E-state index contributed by atoms with van der Waals surface area (Å²) in [7, 11) is 5.02. The van der Waals surface area contributed by atoms with Gasteiger partial charge in [0.05, 0.1) is 19.5 Å². The first-order valence-corrected chi connectivity index (χ1v) is 5.96. The molecule has 0 aliphatic carbocycles. The fourth-order valence-electron chi connectivity index (χ4n) is 1.47. The van der Waals surface area contributed by atoms with Crippen LogP contribution in [0, 0.1) is 0 Å². The zero-order chi connectivity index (χ0) is 15.1. The highest BCUT2D eigenvalue weighted by Gasteiger charge is 2.15. The van der Waals surface area contributed by atoms with Crippen LogP contribution < -0.4 is 4.90 Å². The molecule has 0 radical (unpaired) electrons. The fraction of sp³-hybridized carbons (Fsp3) is 0.500. The third-order valence-corrected chi connectivity index (χ3v) is 2.48. The van der Waals surface area contributed by atoms with Gasteiger partial charge in [0.15, 0.2) is 5.69 Å². The highest BCUT2D eigenvalue weighted by molar-refractivity contribution is 5.87. The second-order valence-electron chi connectivity index (χ2n) is 4.37. The zero-order valence-electron chi connectivity index (χ0n) is 11.7. The summed E-state index contributed by atoms with van der Waals surface area (Å²) in [5, 5.41) is 8.94. The number of hydrogen-bond acceptors (Lipinski definition) is 7. The Labute approximate surface area is 117 Å². The van der Waals surface area contributed by atoms with Crippen LogP contribution in [0.15, 0.2) is 12.4 Å². The summed E-state index contributed by atoms with van der Waals surface area (Å²) in [6.07, 6.45) is 2.70. The predicted molar refractivity (Wildman–Crippen MR) is 71.8 cm³/mol. The second kappa shape index (κ2) is 7.39. The zero-order valence-corrected chi connectivity index (χ0v) is 11.7. The van der Waals surface area contributed by atoms with Gasteiger partial charge in [0.1, 0.15) is 12.4 Å². The number of anilines is 1. The van der Waals surface area contributed by atoms with Crippen molar-refractivity contribution in [1.82, 2.24) is 14.9 Å². The van der Waals surface area contributed by atoms with Crippen molar-refractivity contribution in [1.29, 1.82) is 0 Å². The van der Waals surface area contributed by atoms with E-state index in [4.69, 9.17) is 5.11 Å². The lowest BCUT2D eigenvalue weighted by molar-refractivity contribution is -0.135. The molecule has 1 aromatic heterocycles. The van der Waals surface area contributed by atoms with Gasteiger partial charge in [0, 0.05) is 13.1 Å². The van der Waals surface area contributed by atoms with Crippen molar-refractivity contribution in [2.75, 3.05) is 45.7 Å². The maximum atomic E-state index is 11.4. The van der Waals surface area contributed by atoms with Gasteiger partial charge in [0.25, 0.3) is 0 Å². The van der Waals surface area contributed by atoms with Gasteiger partial charge in [0.2, 0.25) is 0 Å². The third kappa shape index (κ3) is 4.81. The lowest BCUT2D eigenvalue weighted by Crippen LogP contribution is -2.36. The standard InChI is InChI=1S/C12H18N4O4/c1-15(2)4-5-16(8-11(17)18)10-7-13-6-9(14-10)12(19)20-3/h6-7H,4-5,8H2,1-3H3,(H,17,18). The molecule has 1 N–H and O–H groups in total. The molecule has 0 saturated heterocycles. The number of hydrogen-bond donors (Lipinski definition) is 1. The topological polar surface area (TPSA) is 95.9 Å². The van der Waals surface area contributed by atoms with Crippen molar-refractivity contribution in [3.63, 3.8) is 0 Å². The molecule has 110 valence electrons. The molecule has 0 atom stereocenters. The van der Waals surface area contributed by atoms with Crippen LogP contribution in [0.2, 0.25) is 0 Å². The molecule has 0 aliphatic heterocycles. The van der Waals surface area contributed by atoms with E-state index in [0.29, 0.717) is 18.9 Å². The lowest BCUT2D eigenvalue weighted by atomic mass is 10.4. The van der Waals surface area contributed by atoms with Crippen molar-refractivity contribution >= 4 is 17.8 Å². The van der Waals surface area contributed by atoms with Crippen molar-refractivity contribution in [3.05, 3.63) is 18.1 Å². The predicted octanol–water partition coefficient (Wildman–Crippen LogP) is -0.284. The number of carboxylic acid groups (broad SMARTS) is 1. The number of ether oxygens (including phenoxy) is 1. The Morgan fingerprint density at radius 3 is 2.55 bits per heavy atom. The van der Waals surface area contributed by atoms with Crippen LogP contribution in [0.25, 0.3) is 0 Å². The molecule has 0 spiro atoms. The first-order chi connectivity index (χ1) is 9.43. The Balaban J connectivity index is 2.94. The van der Waals surface area contributed by atoms with Gasteiger partial charge < -0.3 is 19.6 Å². The van der Waals surface area contributed by atoms with Gasteiger partial charge in [-0.25, -0.2) is 9.78 Å². The van der Waals surface area contributed by atoms with Gasteiger partial charge in [-0.3, -0.25) is 9.78 Å². The van der Waals surface area contributed by atoms with E-state index in [1.807, 2.05) is 19.0 Å². The summed E-state index contributed by atoms with van der Waals surface area (Å²) in [6, 6.07) is 0. The number of carboxylic acids is 1. The van der Waals surface area contributed by atoms with Gasteiger partial charge in [-0.05, 0) is 14.1 Å². The number of nitrogens with zero attached hydrogens (tertiary/aromatic N) is 4. The third-order valence-electron chi connectivity index (χ3n) is 2.48. The molecule has 0 aromatic carbocycles.